The Bertz CT molecular complexity index is 341. The summed E-state index contributed by atoms with van der Waals surface area (Å²) in [6.45, 7) is 8.16. The fourth-order valence-corrected chi connectivity index (χ4v) is 1.27. The minimum absolute atomic E-state index is 0.0436. The van der Waals surface area contributed by atoms with Crippen molar-refractivity contribution in [3.63, 3.8) is 0 Å². The third kappa shape index (κ3) is 2.07. The van der Waals surface area contributed by atoms with Crippen molar-refractivity contribution < 1.29 is 4.79 Å². The van der Waals surface area contributed by atoms with E-state index in [1.54, 1.807) is 10.8 Å². The monoisotopic (exact) mass is 193 g/mol. The summed E-state index contributed by atoms with van der Waals surface area (Å²) in [5, 5.41) is 7.75. The highest BCUT2D eigenvalue weighted by Gasteiger charge is 2.14. The Kier molecular flexibility index (Phi) is 3.56. The first-order valence-electron chi connectivity index (χ1n) is 4.74. The molecule has 0 N–H and O–H groups in total. The summed E-state index contributed by atoms with van der Waals surface area (Å²) >= 11 is 0. The van der Waals surface area contributed by atoms with E-state index in [4.69, 9.17) is 0 Å². The van der Waals surface area contributed by atoms with E-state index in [9.17, 15) is 4.79 Å². The van der Waals surface area contributed by atoms with Gasteiger partial charge >= 0.3 is 0 Å². The number of rotatable bonds is 5. The number of aryl methyl sites for hydroxylation is 1. The first kappa shape index (κ1) is 10.6. The van der Waals surface area contributed by atoms with Crippen LogP contribution in [-0.2, 0) is 6.54 Å². The highest BCUT2D eigenvalue weighted by molar-refractivity contribution is 5.95. The molecule has 0 aliphatic carbocycles. The van der Waals surface area contributed by atoms with Gasteiger partial charge in [-0.05, 0) is 20.3 Å². The van der Waals surface area contributed by atoms with Crippen molar-refractivity contribution >= 4 is 5.78 Å². The van der Waals surface area contributed by atoms with Crippen LogP contribution in [0, 0.1) is 6.92 Å². The Hall–Kier alpha value is -1.45. The second kappa shape index (κ2) is 4.69. The predicted octanol–water partition coefficient (Wildman–Crippen LogP) is 1.76. The second-order valence-electron chi connectivity index (χ2n) is 3.09. The number of carbonyl (C=O) groups is 1. The maximum Gasteiger partial charge on any atom is 0.185 e. The van der Waals surface area contributed by atoms with Crippen molar-refractivity contribution in [2.45, 2.75) is 33.2 Å². The van der Waals surface area contributed by atoms with Crippen LogP contribution in [0.1, 0.15) is 35.9 Å². The summed E-state index contributed by atoms with van der Waals surface area (Å²) in [6.07, 6.45) is 2.89. The smallest absolute Gasteiger partial charge is 0.185 e. The van der Waals surface area contributed by atoms with E-state index in [0.717, 1.165) is 12.2 Å². The molecule has 0 aliphatic rings. The molecule has 14 heavy (non-hydrogen) atoms. The van der Waals surface area contributed by atoms with Crippen molar-refractivity contribution in [1.82, 2.24) is 15.0 Å². The lowest BCUT2D eigenvalue weighted by molar-refractivity contribution is 0.0978. The lowest BCUT2D eigenvalue weighted by Gasteiger charge is -1.98. The lowest BCUT2D eigenvalue weighted by Crippen LogP contribution is -2.03. The molecule has 1 aromatic heterocycles. The quantitative estimate of drug-likeness (QED) is 0.528. The first-order chi connectivity index (χ1) is 6.70. The van der Waals surface area contributed by atoms with Gasteiger partial charge in [-0.15, -0.1) is 11.7 Å². The van der Waals surface area contributed by atoms with Gasteiger partial charge in [-0.2, -0.15) is 0 Å². The maximum atomic E-state index is 11.6. The van der Waals surface area contributed by atoms with E-state index in [0.29, 0.717) is 18.5 Å². The minimum Gasteiger partial charge on any atom is -0.292 e. The summed E-state index contributed by atoms with van der Waals surface area (Å²) in [7, 11) is 0. The van der Waals surface area contributed by atoms with Crippen molar-refractivity contribution in [3.8, 4) is 0 Å². The lowest BCUT2D eigenvalue weighted by atomic mass is 10.1. The van der Waals surface area contributed by atoms with Crippen molar-refractivity contribution in [3.05, 3.63) is 24.0 Å². The van der Waals surface area contributed by atoms with Crippen LogP contribution < -0.4 is 0 Å². The van der Waals surface area contributed by atoms with Gasteiger partial charge < -0.3 is 0 Å². The molecule has 4 nitrogen and oxygen atoms in total. The molecule has 0 fully saturated rings. The van der Waals surface area contributed by atoms with Gasteiger partial charge in [0.25, 0.3) is 0 Å². The van der Waals surface area contributed by atoms with Crippen molar-refractivity contribution in [1.29, 1.82) is 0 Å². The number of carbonyl (C=O) groups excluding carboxylic acids is 1. The summed E-state index contributed by atoms with van der Waals surface area (Å²) < 4.78 is 1.72. The van der Waals surface area contributed by atoms with E-state index in [1.165, 1.54) is 0 Å². The van der Waals surface area contributed by atoms with Crippen molar-refractivity contribution in [2.24, 2.45) is 0 Å². The zero-order chi connectivity index (χ0) is 10.6. The molecular weight excluding hydrogens is 178 g/mol. The van der Waals surface area contributed by atoms with Crippen LogP contribution >= 0.6 is 0 Å². The molecule has 0 aromatic carbocycles. The highest BCUT2D eigenvalue weighted by atomic mass is 16.1. The van der Waals surface area contributed by atoms with Gasteiger partial charge in [0.15, 0.2) is 11.5 Å². The number of ketones is 1. The molecule has 1 heterocycles. The topological polar surface area (TPSA) is 47.8 Å². The summed E-state index contributed by atoms with van der Waals surface area (Å²) in [5.74, 6) is 0.0436. The number of Topliss-reactive ketones (excluding diaryl/α,β-unsaturated/α-hetero) is 1. The Morgan fingerprint density at radius 2 is 2.36 bits per heavy atom. The van der Waals surface area contributed by atoms with Gasteiger partial charge in [0.2, 0.25) is 0 Å². The van der Waals surface area contributed by atoms with E-state index in [-0.39, 0.29) is 5.78 Å². The number of nitrogens with zero attached hydrogens (tertiary/aromatic N) is 3. The third-order valence-electron chi connectivity index (χ3n) is 2.12. The predicted molar refractivity (Wildman–Crippen MR) is 54.2 cm³/mol. The standard InChI is InChI=1S/C10H15N3O/c1-4-6-7-9(14)10-8(3)13(5-2)12-11-10/h4H,1,5-7H2,2-3H3. The maximum absolute atomic E-state index is 11.6. The van der Waals surface area contributed by atoms with Crippen LogP contribution in [0.15, 0.2) is 12.7 Å². The molecule has 0 aliphatic heterocycles. The molecule has 0 atom stereocenters. The van der Waals surface area contributed by atoms with Crippen LogP contribution in [-0.4, -0.2) is 20.8 Å². The molecule has 4 heteroatoms. The molecule has 1 aromatic rings. The van der Waals surface area contributed by atoms with Crippen LogP contribution in [0.3, 0.4) is 0 Å². The Morgan fingerprint density at radius 3 is 2.86 bits per heavy atom. The van der Waals surface area contributed by atoms with Gasteiger partial charge in [-0.1, -0.05) is 11.3 Å². The Balaban J connectivity index is 2.79. The molecular formula is C10H15N3O. The Morgan fingerprint density at radius 1 is 1.64 bits per heavy atom. The van der Waals surface area contributed by atoms with Gasteiger partial charge in [-0.3, -0.25) is 4.79 Å². The largest absolute Gasteiger partial charge is 0.292 e. The zero-order valence-corrected chi connectivity index (χ0v) is 8.66. The SMILES string of the molecule is C=CCCC(=O)c1nnn(CC)c1C. The average Bonchev–Trinajstić information content (AvgIpc) is 2.56. The molecule has 1 rings (SSSR count). The van der Waals surface area contributed by atoms with E-state index in [2.05, 4.69) is 16.9 Å². The van der Waals surface area contributed by atoms with Gasteiger partial charge in [0.1, 0.15) is 0 Å². The van der Waals surface area contributed by atoms with Crippen LogP contribution in [0.2, 0.25) is 0 Å². The van der Waals surface area contributed by atoms with Gasteiger partial charge in [0, 0.05) is 13.0 Å². The van der Waals surface area contributed by atoms with Gasteiger partial charge in [-0.25, -0.2) is 4.68 Å². The number of hydrogen-bond acceptors (Lipinski definition) is 3. The number of aromatic nitrogens is 3. The van der Waals surface area contributed by atoms with E-state index < -0.39 is 0 Å². The van der Waals surface area contributed by atoms with Crippen LogP contribution in [0.4, 0.5) is 0 Å². The van der Waals surface area contributed by atoms with E-state index in [1.807, 2.05) is 13.8 Å². The number of allylic oxidation sites excluding steroid dienone is 1. The molecule has 0 amide bonds. The van der Waals surface area contributed by atoms with E-state index >= 15 is 0 Å². The normalized spacial score (nSPS) is 10.1. The molecule has 0 radical (unpaired) electrons. The average molecular weight is 193 g/mol. The van der Waals surface area contributed by atoms with Crippen LogP contribution in [0.5, 0.6) is 0 Å². The second-order valence-corrected chi connectivity index (χ2v) is 3.09. The van der Waals surface area contributed by atoms with Gasteiger partial charge in [0.05, 0.1) is 5.69 Å². The molecule has 0 unspecified atom stereocenters. The first-order valence-corrected chi connectivity index (χ1v) is 4.74. The Labute approximate surface area is 83.6 Å². The summed E-state index contributed by atoms with van der Waals surface area (Å²) in [6, 6.07) is 0. The molecule has 0 spiro atoms. The summed E-state index contributed by atoms with van der Waals surface area (Å²) in [4.78, 5) is 11.6. The third-order valence-corrected chi connectivity index (χ3v) is 2.12. The highest BCUT2D eigenvalue weighted by Crippen LogP contribution is 2.08. The summed E-state index contributed by atoms with van der Waals surface area (Å²) in [5.41, 5.74) is 1.34. The fourth-order valence-electron chi connectivity index (χ4n) is 1.27. The minimum atomic E-state index is 0.0436. The molecule has 0 saturated carbocycles. The van der Waals surface area contributed by atoms with Crippen molar-refractivity contribution in [2.75, 3.05) is 0 Å². The molecule has 0 saturated heterocycles. The van der Waals surface area contributed by atoms with Crippen LogP contribution in [0.25, 0.3) is 0 Å². The molecule has 0 bridgehead atoms. The fraction of sp³-hybridized carbons (Fsp3) is 0.500. The molecule has 76 valence electrons. The number of hydrogen-bond donors (Lipinski definition) is 0. The zero-order valence-electron chi connectivity index (χ0n) is 8.66.